The van der Waals surface area contributed by atoms with Gasteiger partial charge in [-0.3, -0.25) is 4.98 Å². The summed E-state index contributed by atoms with van der Waals surface area (Å²) >= 11 is 0. The summed E-state index contributed by atoms with van der Waals surface area (Å²) in [6, 6.07) is 21.3. The van der Waals surface area contributed by atoms with Crippen molar-refractivity contribution < 1.29 is 17.9 Å². The molecule has 29 heavy (non-hydrogen) atoms. The highest BCUT2D eigenvalue weighted by atomic mass is 19.4. The van der Waals surface area contributed by atoms with Crippen LogP contribution >= 0.6 is 0 Å². The Morgan fingerprint density at radius 3 is 2.28 bits per heavy atom. The minimum Gasteiger partial charge on any atom is -0.496 e. The Morgan fingerprint density at radius 2 is 1.55 bits per heavy atom. The van der Waals surface area contributed by atoms with Gasteiger partial charge in [-0.05, 0) is 34.4 Å². The van der Waals surface area contributed by atoms with Gasteiger partial charge < -0.3 is 4.74 Å². The summed E-state index contributed by atoms with van der Waals surface area (Å²) in [6.45, 7) is 0. The summed E-state index contributed by atoms with van der Waals surface area (Å²) in [7, 11) is 1.60. The zero-order valence-corrected chi connectivity index (χ0v) is 15.7. The van der Waals surface area contributed by atoms with E-state index >= 15 is 0 Å². The first-order chi connectivity index (χ1) is 14.0. The summed E-state index contributed by atoms with van der Waals surface area (Å²) in [6.07, 6.45) is -2.43. The van der Waals surface area contributed by atoms with Gasteiger partial charge in [0.2, 0.25) is 0 Å². The van der Waals surface area contributed by atoms with Gasteiger partial charge in [0.1, 0.15) is 5.75 Å². The Balaban J connectivity index is 1.98. The van der Waals surface area contributed by atoms with Crippen LogP contribution in [0.2, 0.25) is 0 Å². The molecule has 0 radical (unpaired) electrons. The molecule has 0 spiro atoms. The van der Waals surface area contributed by atoms with Gasteiger partial charge in [0.15, 0.2) is 0 Å². The lowest BCUT2D eigenvalue weighted by Gasteiger charge is -2.17. The molecular weight excluding hydrogens is 375 g/mol. The highest BCUT2D eigenvalue weighted by Crippen LogP contribution is 2.39. The summed E-state index contributed by atoms with van der Waals surface area (Å²) in [5.74, 6) is 0.732. The fraction of sp³-hybridized carbons (Fsp3) is 0.125. The van der Waals surface area contributed by atoms with Gasteiger partial charge in [0.05, 0.1) is 18.2 Å². The number of fused-ring (bicyclic) bond motifs is 1. The molecular formula is C24H18F3NO. The SMILES string of the molecule is COc1ccccc1Cc1cnc2c(C(F)(F)F)cccc2c1-c1ccccc1. The number of hydrogen-bond acceptors (Lipinski definition) is 2. The molecule has 0 saturated heterocycles. The van der Waals surface area contributed by atoms with E-state index < -0.39 is 11.7 Å². The number of rotatable bonds is 4. The molecule has 0 fully saturated rings. The molecule has 0 N–H and O–H groups in total. The molecule has 2 nitrogen and oxygen atoms in total. The van der Waals surface area contributed by atoms with Crippen LogP contribution < -0.4 is 4.74 Å². The highest BCUT2D eigenvalue weighted by Gasteiger charge is 2.33. The van der Waals surface area contributed by atoms with Crippen molar-refractivity contribution >= 4 is 10.9 Å². The second kappa shape index (κ2) is 7.59. The molecule has 1 heterocycles. The van der Waals surface area contributed by atoms with Gasteiger partial charge in [0.25, 0.3) is 0 Å². The zero-order chi connectivity index (χ0) is 20.4. The number of halogens is 3. The number of ether oxygens (including phenoxy) is 1. The quantitative estimate of drug-likeness (QED) is 0.394. The van der Waals surface area contributed by atoms with Crippen LogP contribution in [0.15, 0.2) is 79.0 Å². The lowest BCUT2D eigenvalue weighted by atomic mass is 9.91. The monoisotopic (exact) mass is 393 g/mol. The molecule has 0 unspecified atom stereocenters. The Kier molecular flexibility index (Phi) is 4.97. The second-order valence-corrected chi connectivity index (χ2v) is 6.71. The fourth-order valence-corrected chi connectivity index (χ4v) is 3.63. The predicted molar refractivity (Wildman–Crippen MR) is 108 cm³/mol. The molecule has 0 saturated carbocycles. The molecule has 146 valence electrons. The maximum Gasteiger partial charge on any atom is 0.418 e. The molecule has 4 rings (SSSR count). The first kappa shape index (κ1) is 19.0. The van der Waals surface area contributed by atoms with E-state index in [4.69, 9.17) is 4.74 Å². The standard InChI is InChI=1S/C24H18F3NO/c1-29-21-13-6-5-10-17(21)14-18-15-28-23-19(11-7-12-20(23)24(25,26)27)22(18)16-8-3-2-4-9-16/h2-13,15H,14H2,1H3. The average molecular weight is 393 g/mol. The minimum absolute atomic E-state index is 0.0392. The Bertz CT molecular complexity index is 1150. The molecule has 0 aliphatic heterocycles. The lowest BCUT2D eigenvalue weighted by Crippen LogP contribution is -2.07. The van der Waals surface area contributed by atoms with Crippen molar-refractivity contribution in [3.63, 3.8) is 0 Å². The molecule has 5 heteroatoms. The molecule has 0 atom stereocenters. The van der Waals surface area contributed by atoms with E-state index in [1.54, 1.807) is 19.4 Å². The molecule has 1 aromatic heterocycles. The van der Waals surface area contributed by atoms with Crippen LogP contribution in [-0.4, -0.2) is 12.1 Å². The topological polar surface area (TPSA) is 22.1 Å². The molecule has 0 aliphatic carbocycles. The van der Waals surface area contributed by atoms with Gasteiger partial charge in [-0.2, -0.15) is 13.2 Å². The maximum absolute atomic E-state index is 13.5. The number of methoxy groups -OCH3 is 1. The van der Waals surface area contributed by atoms with Crippen LogP contribution in [0.1, 0.15) is 16.7 Å². The van der Waals surface area contributed by atoms with Crippen molar-refractivity contribution in [1.29, 1.82) is 0 Å². The number of aromatic nitrogens is 1. The Hall–Kier alpha value is -3.34. The number of pyridine rings is 1. The van der Waals surface area contributed by atoms with Crippen LogP contribution in [0.25, 0.3) is 22.0 Å². The van der Waals surface area contributed by atoms with Crippen molar-refractivity contribution in [2.24, 2.45) is 0 Å². The first-order valence-electron chi connectivity index (χ1n) is 9.14. The number of benzene rings is 3. The van der Waals surface area contributed by atoms with Crippen molar-refractivity contribution in [1.82, 2.24) is 4.98 Å². The largest absolute Gasteiger partial charge is 0.496 e. The van der Waals surface area contributed by atoms with Crippen LogP contribution in [0.5, 0.6) is 5.75 Å². The maximum atomic E-state index is 13.5. The van der Waals surface area contributed by atoms with E-state index in [1.807, 2.05) is 54.6 Å². The summed E-state index contributed by atoms with van der Waals surface area (Å²) in [5, 5.41) is 0.485. The number of para-hydroxylation sites is 2. The normalized spacial score (nSPS) is 11.6. The van der Waals surface area contributed by atoms with E-state index in [0.29, 0.717) is 11.8 Å². The summed E-state index contributed by atoms with van der Waals surface area (Å²) < 4.78 is 46.1. The lowest BCUT2D eigenvalue weighted by molar-refractivity contribution is -0.136. The van der Waals surface area contributed by atoms with Gasteiger partial charge in [0, 0.05) is 18.0 Å². The van der Waals surface area contributed by atoms with Crippen LogP contribution in [-0.2, 0) is 12.6 Å². The smallest absolute Gasteiger partial charge is 0.418 e. The number of alkyl halides is 3. The van der Waals surface area contributed by atoms with Gasteiger partial charge in [-0.1, -0.05) is 60.7 Å². The number of hydrogen-bond donors (Lipinski definition) is 0. The van der Waals surface area contributed by atoms with Crippen molar-refractivity contribution in [2.45, 2.75) is 12.6 Å². The van der Waals surface area contributed by atoms with Gasteiger partial charge in [-0.25, -0.2) is 0 Å². The van der Waals surface area contributed by atoms with E-state index in [-0.39, 0.29) is 5.52 Å². The van der Waals surface area contributed by atoms with Gasteiger partial charge in [-0.15, -0.1) is 0 Å². The van der Waals surface area contributed by atoms with Crippen LogP contribution in [0.4, 0.5) is 13.2 Å². The Morgan fingerprint density at radius 1 is 0.828 bits per heavy atom. The molecule has 3 aromatic carbocycles. The van der Waals surface area contributed by atoms with E-state index in [0.717, 1.165) is 34.1 Å². The molecule has 4 aromatic rings. The van der Waals surface area contributed by atoms with E-state index in [2.05, 4.69) is 4.98 Å². The summed E-state index contributed by atoms with van der Waals surface area (Å²) in [5.41, 5.74) is 2.63. The minimum atomic E-state index is -4.47. The number of nitrogens with zero attached hydrogens (tertiary/aromatic N) is 1. The fourth-order valence-electron chi connectivity index (χ4n) is 3.63. The van der Waals surface area contributed by atoms with E-state index in [1.165, 1.54) is 6.07 Å². The third-order valence-electron chi connectivity index (χ3n) is 4.92. The molecule has 0 aliphatic rings. The predicted octanol–water partition coefficient (Wildman–Crippen LogP) is 6.52. The van der Waals surface area contributed by atoms with Crippen molar-refractivity contribution in [3.8, 4) is 16.9 Å². The molecule has 0 bridgehead atoms. The van der Waals surface area contributed by atoms with Crippen LogP contribution in [0, 0.1) is 0 Å². The third kappa shape index (κ3) is 3.68. The highest BCUT2D eigenvalue weighted by molar-refractivity contribution is 5.97. The Labute approximate surface area is 166 Å². The second-order valence-electron chi connectivity index (χ2n) is 6.71. The van der Waals surface area contributed by atoms with Gasteiger partial charge >= 0.3 is 6.18 Å². The van der Waals surface area contributed by atoms with Crippen molar-refractivity contribution in [3.05, 3.63) is 95.7 Å². The third-order valence-corrected chi connectivity index (χ3v) is 4.92. The zero-order valence-electron chi connectivity index (χ0n) is 15.7. The molecule has 0 amide bonds. The first-order valence-corrected chi connectivity index (χ1v) is 9.14. The van der Waals surface area contributed by atoms with Crippen LogP contribution in [0.3, 0.4) is 0 Å². The average Bonchev–Trinajstić information content (AvgIpc) is 2.73. The summed E-state index contributed by atoms with van der Waals surface area (Å²) in [4.78, 5) is 4.22. The van der Waals surface area contributed by atoms with E-state index in [9.17, 15) is 13.2 Å². The van der Waals surface area contributed by atoms with Crippen molar-refractivity contribution in [2.75, 3.05) is 7.11 Å².